The normalized spacial score (nSPS) is 10.3. The lowest BCUT2D eigenvalue weighted by Crippen LogP contribution is -2.23. The molecule has 0 amide bonds. The van der Waals surface area contributed by atoms with E-state index < -0.39 is 17.5 Å². The van der Waals surface area contributed by atoms with Gasteiger partial charge in [-0.15, -0.1) is 0 Å². The molecule has 1 aromatic rings. The second-order valence-corrected chi connectivity index (χ2v) is 4.20. The summed E-state index contributed by atoms with van der Waals surface area (Å²) in [6.07, 6.45) is -4.49. The zero-order valence-corrected chi connectivity index (χ0v) is 12.1. The molecule has 0 aliphatic carbocycles. The van der Waals surface area contributed by atoms with E-state index in [0.717, 1.165) is 12.1 Å². The monoisotopic (exact) mass is 309 g/mol. The number of alkyl halides is 3. The standard InChI is InChI=1S/C14H14F3N5/c1-3-22(4-2)13-6-5-10(14(15,16)17)7-12(13)21-20-11(8-18)9-19/h5-7,21H,3-4H2,1-2H3. The van der Waals surface area contributed by atoms with Crippen LogP contribution in [0.1, 0.15) is 19.4 Å². The molecule has 0 spiro atoms. The molecular formula is C14H14F3N5. The Morgan fingerprint density at radius 3 is 2.27 bits per heavy atom. The van der Waals surface area contributed by atoms with Crippen LogP contribution in [-0.2, 0) is 6.18 Å². The molecule has 0 aliphatic rings. The number of anilines is 2. The number of hydrazone groups is 1. The summed E-state index contributed by atoms with van der Waals surface area (Å²) in [7, 11) is 0. The average Bonchev–Trinajstić information content (AvgIpc) is 2.49. The highest BCUT2D eigenvalue weighted by Crippen LogP contribution is 2.35. The first-order chi connectivity index (χ1) is 10.4. The third-order valence-corrected chi connectivity index (χ3v) is 2.93. The SMILES string of the molecule is CCN(CC)c1ccc(C(F)(F)F)cc1NN=C(C#N)C#N. The van der Waals surface area contributed by atoms with Gasteiger partial charge in [-0.25, -0.2) is 0 Å². The van der Waals surface area contributed by atoms with Crippen molar-refractivity contribution in [2.24, 2.45) is 5.10 Å². The van der Waals surface area contributed by atoms with Crippen LogP contribution >= 0.6 is 0 Å². The maximum absolute atomic E-state index is 12.8. The topological polar surface area (TPSA) is 75.2 Å². The Kier molecular flexibility index (Phi) is 5.76. The minimum Gasteiger partial charge on any atom is -0.370 e. The fourth-order valence-corrected chi connectivity index (χ4v) is 1.83. The van der Waals surface area contributed by atoms with Gasteiger partial charge in [0.1, 0.15) is 12.1 Å². The van der Waals surface area contributed by atoms with Crippen molar-refractivity contribution in [1.29, 1.82) is 10.5 Å². The summed E-state index contributed by atoms with van der Waals surface area (Å²) < 4.78 is 38.4. The fraction of sp³-hybridized carbons (Fsp3) is 0.357. The van der Waals surface area contributed by atoms with Gasteiger partial charge in [0, 0.05) is 13.1 Å². The molecule has 8 heteroatoms. The summed E-state index contributed by atoms with van der Waals surface area (Å²) in [5, 5.41) is 20.8. The minimum absolute atomic E-state index is 0.0847. The zero-order valence-electron chi connectivity index (χ0n) is 12.1. The molecule has 0 heterocycles. The fourth-order valence-electron chi connectivity index (χ4n) is 1.83. The number of nitrogens with zero attached hydrogens (tertiary/aromatic N) is 4. The molecule has 1 aromatic carbocycles. The largest absolute Gasteiger partial charge is 0.416 e. The van der Waals surface area contributed by atoms with Crippen molar-refractivity contribution in [3.05, 3.63) is 23.8 Å². The Morgan fingerprint density at radius 2 is 1.82 bits per heavy atom. The highest BCUT2D eigenvalue weighted by Gasteiger charge is 2.31. The number of hydrogen-bond donors (Lipinski definition) is 1. The molecule has 0 unspecified atom stereocenters. The van der Waals surface area contributed by atoms with E-state index in [-0.39, 0.29) is 5.69 Å². The third kappa shape index (κ3) is 4.13. The molecule has 0 atom stereocenters. The van der Waals surface area contributed by atoms with E-state index in [2.05, 4.69) is 10.5 Å². The quantitative estimate of drug-likeness (QED) is 0.668. The van der Waals surface area contributed by atoms with Crippen molar-refractivity contribution in [3.63, 3.8) is 0 Å². The van der Waals surface area contributed by atoms with Crippen LogP contribution in [0.2, 0.25) is 0 Å². The lowest BCUT2D eigenvalue weighted by atomic mass is 10.1. The zero-order chi connectivity index (χ0) is 16.8. The molecule has 5 nitrogen and oxygen atoms in total. The Morgan fingerprint density at radius 1 is 1.23 bits per heavy atom. The van der Waals surface area contributed by atoms with Crippen LogP contribution in [0, 0.1) is 22.7 Å². The number of benzene rings is 1. The second-order valence-electron chi connectivity index (χ2n) is 4.20. The van der Waals surface area contributed by atoms with Gasteiger partial charge >= 0.3 is 6.18 Å². The van der Waals surface area contributed by atoms with Crippen LogP contribution in [0.4, 0.5) is 24.5 Å². The number of nitrogens with one attached hydrogen (secondary N) is 1. The smallest absolute Gasteiger partial charge is 0.370 e. The van der Waals surface area contributed by atoms with Crippen LogP contribution in [0.25, 0.3) is 0 Å². The van der Waals surface area contributed by atoms with Crippen molar-refractivity contribution < 1.29 is 13.2 Å². The van der Waals surface area contributed by atoms with Gasteiger partial charge in [-0.05, 0) is 32.0 Å². The van der Waals surface area contributed by atoms with E-state index in [1.807, 2.05) is 18.7 Å². The summed E-state index contributed by atoms with van der Waals surface area (Å²) >= 11 is 0. The van der Waals surface area contributed by atoms with Crippen LogP contribution in [0.15, 0.2) is 23.3 Å². The van der Waals surface area contributed by atoms with Gasteiger partial charge in [-0.2, -0.15) is 28.8 Å². The number of halogens is 3. The van der Waals surface area contributed by atoms with Crippen LogP contribution < -0.4 is 10.3 Å². The molecule has 0 bridgehead atoms. The van der Waals surface area contributed by atoms with Crippen LogP contribution in [-0.4, -0.2) is 18.8 Å². The lowest BCUT2D eigenvalue weighted by molar-refractivity contribution is -0.137. The van der Waals surface area contributed by atoms with E-state index in [4.69, 9.17) is 10.5 Å². The van der Waals surface area contributed by atoms with E-state index in [1.54, 1.807) is 0 Å². The van der Waals surface area contributed by atoms with Gasteiger partial charge < -0.3 is 4.90 Å². The predicted octanol–water partition coefficient (Wildman–Crippen LogP) is 3.37. The van der Waals surface area contributed by atoms with E-state index in [1.165, 1.54) is 18.2 Å². The van der Waals surface area contributed by atoms with E-state index >= 15 is 0 Å². The highest BCUT2D eigenvalue weighted by atomic mass is 19.4. The molecular weight excluding hydrogens is 295 g/mol. The van der Waals surface area contributed by atoms with Gasteiger partial charge in [0.05, 0.1) is 16.9 Å². The highest BCUT2D eigenvalue weighted by molar-refractivity contribution is 6.10. The summed E-state index contributed by atoms with van der Waals surface area (Å²) in [6.45, 7) is 4.90. The molecule has 0 aromatic heterocycles. The Bertz CT molecular complexity index is 617. The first-order valence-electron chi connectivity index (χ1n) is 6.47. The molecule has 1 rings (SSSR count). The molecule has 0 saturated carbocycles. The lowest BCUT2D eigenvalue weighted by Gasteiger charge is -2.24. The van der Waals surface area contributed by atoms with Gasteiger partial charge in [-0.1, -0.05) is 0 Å². The first-order valence-corrected chi connectivity index (χ1v) is 6.47. The van der Waals surface area contributed by atoms with Gasteiger partial charge in [-0.3, -0.25) is 5.43 Å². The second kappa shape index (κ2) is 7.32. The van der Waals surface area contributed by atoms with Gasteiger partial charge in [0.15, 0.2) is 0 Å². The molecule has 0 radical (unpaired) electrons. The van der Waals surface area contributed by atoms with Gasteiger partial charge in [0.25, 0.3) is 0 Å². The number of hydrogen-bond acceptors (Lipinski definition) is 5. The molecule has 116 valence electrons. The summed E-state index contributed by atoms with van der Waals surface area (Å²) in [5.41, 5.74) is 1.67. The average molecular weight is 309 g/mol. The van der Waals surface area contributed by atoms with Crippen LogP contribution in [0.3, 0.4) is 0 Å². The Labute approximate surface area is 126 Å². The van der Waals surface area contributed by atoms with Crippen molar-refractivity contribution in [1.82, 2.24) is 0 Å². The van der Waals surface area contributed by atoms with Crippen LogP contribution in [0.5, 0.6) is 0 Å². The maximum Gasteiger partial charge on any atom is 0.416 e. The molecule has 0 aliphatic heterocycles. The van der Waals surface area contributed by atoms with Gasteiger partial charge in [0.2, 0.25) is 5.71 Å². The summed E-state index contributed by atoms with van der Waals surface area (Å²) in [6, 6.07) is 6.30. The molecule has 1 N–H and O–H groups in total. The minimum atomic E-state index is -4.49. The maximum atomic E-state index is 12.8. The van der Waals surface area contributed by atoms with Crippen molar-refractivity contribution >= 4 is 17.1 Å². The third-order valence-electron chi connectivity index (χ3n) is 2.93. The summed E-state index contributed by atoms with van der Waals surface area (Å²) in [4.78, 5) is 1.83. The molecule has 22 heavy (non-hydrogen) atoms. The van der Waals surface area contributed by atoms with E-state index in [0.29, 0.717) is 18.8 Å². The summed E-state index contributed by atoms with van der Waals surface area (Å²) in [5.74, 6) is 0. The first kappa shape index (κ1) is 17.3. The van der Waals surface area contributed by atoms with Crippen molar-refractivity contribution in [2.75, 3.05) is 23.4 Å². The van der Waals surface area contributed by atoms with Crippen molar-refractivity contribution in [3.8, 4) is 12.1 Å². The van der Waals surface area contributed by atoms with Crippen molar-refractivity contribution in [2.45, 2.75) is 20.0 Å². The Balaban J connectivity index is 3.32. The predicted molar refractivity (Wildman–Crippen MR) is 77.3 cm³/mol. The number of rotatable bonds is 5. The molecule has 0 fully saturated rings. The molecule has 0 saturated heterocycles. The number of nitriles is 2. The van der Waals surface area contributed by atoms with E-state index in [9.17, 15) is 13.2 Å². The Hall–Kier alpha value is -2.74.